The summed E-state index contributed by atoms with van der Waals surface area (Å²) < 4.78 is 28.5. The van der Waals surface area contributed by atoms with E-state index in [0.717, 1.165) is 28.4 Å². The Hall–Kier alpha value is -2.64. The minimum Gasteiger partial charge on any atom is -0.351 e. The molecule has 0 saturated heterocycles. The van der Waals surface area contributed by atoms with E-state index < -0.39 is 15.4 Å². The highest BCUT2D eigenvalue weighted by Gasteiger charge is 2.51. The number of hydrogen-bond donors (Lipinski definition) is 2. The van der Waals surface area contributed by atoms with Gasteiger partial charge in [0.2, 0.25) is 5.91 Å². The standard InChI is InChI=1S/C23H21BrN2O3S/c24-19-8-12-21(13-9-19)30(28,29)26-20-10-6-18(7-11-20)23(14-15-23)22(27)25-16-17-4-2-1-3-5-17/h1-13,26H,14-16H2,(H,25,27). The van der Waals surface area contributed by atoms with Crippen LogP contribution in [0.1, 0.15) is 24.0 Å². The normalized spacial score (nSPS) is 14.7. The van der Waals surface area contributed by atoms with Gasteiger partial charge in [0.1, 0.15) is 0 Å². The number of carbonyl (C=O) groups excluding carboxylic acids is 1. The van der Waals surface area contributed by atoms with Crippen molar-refractivity contribution in [1.82, 2.24) is 5.32 Å². The van der Waals surface area contributed by atoms with Crippen LogP contribution in [-0.2, 0) is 26.8 Å². The zero-order valence-corrected chi connectivity index (χ0v) is 18.5. The van der Waals surface area contributed by atoms with Gasteiger partial charge in [0.25, 0.3) is 10.0 Å². The molecule has 0 bridgehead atoms. The molecule has 0 radical (unpaired) electrons. The van der Waals surface area contributed by atoms with E-state index in [9.17, 15) is 13.2 Å². The largest absolute Gasteiger partial charge is 0.351 e. The maximum Gasteiger partial charge on any atom is 0.261 e. The van der Waals surface area contributed by atoms with Crippen LogP contribution in [0.5, 0.6) is 0 Å². The first-order chi connectivity index (χ1) is 14.4. The van der Waals surface area contributed by atoms with E-state index in [0.29, 0.717) is 12.2 Å². The van der Waals surface area contributed by atoms with Gasteiger partial charge in [-0.25, -0.2) is 8.42 Å². The molecule has 1 amide bonds. The van der Waals surface area contributed by atoms with Crippen molar-refractivity contribution < 1.29 is 13.2 Å². The Kier molecular flexibility index (Phi) is 5.66. The molecule has 30 heavy (non-hydrogen) atoms. The molecule has 3 aromatic carbocycles. The lowest BCUT2D eigenvalue weighted by atomic mass is 9.94. The van der Waals surface area contributed by atoms with Gasteiger partial charge in [0.15, 0.2) is 0 Å². The molecule has 0 spiro atoms. The minimum absolute atomic E-state index is 0.00884. The van der Waals surface area contributed by atoms with Gasteiger partial charge in [0.05, 0.1) is 10.3 Å². The third-order valence-corrected chi connectivity index (χ3v) is 7.22. The van der Waals surface area contributed by atoms with Gasteiger partial charge < -0.3 is 5.32 Å². The van der Waals surface area contributed by atoms with Crippen LogP contribution in [0.15, 0.2) is 88.2 Å². The highest BCUT2D eigenvalue weighted by atomic mass is 79.9. The Labute approximate surface area is 184 Å². The summed E-state index contributed by atoms with van der Waals surface area (Å²) in [7, 11) is -3.67. The van der Waals surface area contributed by atoms with Crippen molar-refractivity contribution in [1.29, 1.82) is 0 Å². The minimum atomic E-state index is -3.67. The smallest absolute Gasteiger partial charge is 0.261 e. The van der Waals surface area contributed by atoms with Gasteiger partial charge in [-0.15, -0.1) is 0 Å². The number of nitrogens with one attached hydrogen (secondary N) is 2. The number of benzene rings is 3. The topological polar surface area (TPSA) is 75.3 Å². The molecular weight excluding hydrogens is 464 g/mol. The Bertz CT molecular complexity index is 1140. The summed E-state index contributed by atoms with van der Waals surface area (Å²) in [6, 6.07) is 23.3. The van der Waals surface area contributed by atoms with E-state index in [2.05, 4.69) is 26.0 Å². The van der Waals surface area contributed by atoms with Crippen LogP contribution in [0.4, 0.5) is 5.69 Å². The number of anilines is 1. The summed E-state index contributed by atoms with van der Waals surface area (Å²) in [4.78, 5) is 13.0. The predicted octanol–water partition coefficient (Wildman–Crippen LogP) is 4.60. The maximum absolute atomic E-state index is 12.8. The second-order valence-corrected chi connectivity index (χ2v) is 9.99. The first-order valence-corrected chi connectivity index (χ1v) is 11.9. The molecule has 5 nitrogen and oxygen atoms in total. The van der Waals surface area contributed by atoms with Crippen LogP contribution < -0.4 is 10.0 Å². The zero-order chi connectivity index (χ0) is 21.2. The Balaban J connectivity index is 1.44. The van der Waals surface area contributed by atoms with Crippen molar-refractivity contribution >= 4 is 37.5 Å². The monoisotopic (exact) mass is 484 g/mol. The van der Waals surface area contributed by atoms with Gasteiger partial charge >= 0.3 is 0 Å². The number of sulfonamides is 1. The fourth-order valence-electron chi connectivity index (χ4n) is 3.40. The average Bonchev–Trinajstić information content (AvgIpc) is 3.55. The molecule has 0 aliphatic heterocycles. The molecule has 0 heterocycles. The van der Waals surface area contributed by atoms with E-state index in [4.69, 9.17) is 0 Å². The Morgan fingerprint density at radius 2 is 1.53 bits per heavy atom. The fraction of sp³-hybridized carbons (Fsp3) is 0.174. The molecule has 0 aromatic heterocycles. The van der Waals surface area contributed by atoms with Gasteiger partial charge in [-0.3, -0.25) is 9.52 Å². The van der Waals surface area contributed by atoms with Gasteiger partial charge in [-0.1, -0.05) is 58.4 Å². The molecular formula is C23H21BrN2O3S. The molecule has 0 atom stereocenters. The molecule has 1 saturated carbocycles. The Morgan fingerprint density at radius 3 is 2.13 bits per heavy atom. The van der Waals surface area contributed by atoms with Crippen molar-refractivity contribution in [3.63, 3.8) is 0 Å². The number of hydrogen-bond acceptors (Lipinski definition) is 3. The molecule has 1 aliphatic rings. The van der Waals surface area contributed by atoms with E-state index in [1.165, 1.54) is 12.1 Å². The Morgan fingerprint density at radius 1 is 0.900 bits per heavy atom. The first kappa shape index (κ1) is 20.6. The number of carbonyl (C=O) groups is 1. The van der Waals surface area contributed by atoms with Crippen LogP contribution in [0.2, 0.25) is 0 Å². The van der Waals surface area contributed by atoms with Crippen LogP contribution in [0.25, 0.3) is 0 Å². The second-order valence-electron chi connectivity index (χ2n) is 7.39. The lowest BCUT2D eigenvalue weighted by Crippen LogP contribution is -2.34. The summed E-state index contributed by atoms with van der Waals surface area (Å²) in [6.07, 6.45) is 1.58. The molecule has 1 aliphatic carbocycles. The second kappa shape index (κ2) is 8.24. The molecule has 154 valence electrons. The van der Waals surface area contributed by atoms with Gasteiger partial charge in [-0.2, -0.15) is 0 Å². The van der Waals surface area contributed by atoms with Crippen molar-refractivity contribution in [2.24, 2.45) is 0 Å². The average molecular weight is 485 g/mol. The van der Waals surface area contributed by atoms with Crippen LogP contribution in [0.3, 0.4) is 0 Å². The summed E-state index contributed by atoms with van der Waals surface area (Å²) >= 11 is 3.30. The van der Waals surface area contributed by atoms with E-state index >= 15 is 0 Å². The van der Waals surface area contributed by atoms with Crippen molar-refractivity contribution in [2.45, 2.75) is 29.7 Å². The van der Waals surface area contributed by atoms with E-state index in [1.807, 2.05) is 42.5 Å². The third-order valence-electron chi connectivity index (χ3n) is 5.29. The van der Waals surface area contributed by atoms with Crippen LogP contribution in [0, 0.1) is 0 Å². The predicted molar refractivity (Wildman–Crippen MR) is 121 cm³/mol. The van der Waals surface area contributed by atoms with E-state index in [1.54, 1.807) is 24.3 Å². The quantitative estimate of drug-likeness (QED) is 0.514. The first-order valence-electron chi connectivity index (χ1n) is 9.60. The zero-order valence-electron chi connectivity index (χ0n) is 16.1. The van der Waals surface area contributed by atoms with E-state index in [-0.39, 0.29) is 10.8 Å². The lowest BCUT2D eigenvalue weighted by Gasteiger charge is -2.17. The van der Waals surface area contributed by atoms with Gasteiger partial charge in [0, 0.05) is 16.7 Å². The van der Waals surface area contributed by atoms with Crippen molar-refractivity contribution in [2.75, 3.05) is 4.72 Å². The molecule has 4 rings (SSSR count). The van der Waals surface area contributed by atoms with Crippen molar-refractivity contribution in [3.8, 4) is 0 Å². The maximum atomic E-state index is 12.8. The molecule has 0 unspecified atom stereocenters. The number of amides is 1. The lowest BCUT2D eigenvalue weighted by molar-refractivity contribution is -0.123. The highest BCUT2D eigenvalue weighted by Crippen LogP contribution is 2.48. The summed E-state index contributed by atoms with van der Waals surface area (Å²) in [5.74, 6) is 0.00884. The third kappa shape index (κ3) is 4.42. The fourth-order valence-corrected chi connectivity index (χ4v) is 4.73. The molecule has 2 N–H and O–H groups in total. The number of rotatable bonds is 7. The number of halogens is 1. The summed E-state index contributed by atoms with van der Waals surface area (Å²) in [5.41, 5.74) is 1.90. The van der Waals surface area contributed by atoms with Crippen LogP contribution in [-0.4, -0.2) is 14.3 Å². The molecule has 7 heteroatoms. The SMILES string of the molecule is O=C(NCc1ccccc1)C1(c2ccc(NS(=O)(=O)c3ccc(Br)cc3)cc2)CC1. The highest BCUT2D eigenvalue weighted by molar-refractivity contribution is 9.10. The molecule has 1 fully saturated rings. The summed E-state index contributed by atoms with van der Waals surface area (Å²) in [6.45, 7) is 0.493. The molecule has 3 aromatic rings. The van der Waals surface area contributed by atoms with Crippen molar-refractivity contribution in [3.05, 3.63) is 94.5 Å². The van der Waals surface area contributed by atoms with Crippen LogP contribution >= 0.6 is 15.9 Å². The summed E-state index contributed by atoms with van der Waals surface area (Å²) in [5, 5.41) is 3.02. The van der Waals surface area contributed by atoms with Gasteiger partial charge in [-0.05, 0) is 60.4 Å².